The van der Waals surface area contributed by atoms with Gasteiger partial charge in [-0.05, 0) is 24.3 Å². The highest BCUT2D eigenvalue weighted by atomic mass is 35.5. The van der Waals surface area contributed by atoms with Crippen molar-refractivity contribution in [2.75, 3.05) is 0 Å². The summed E-state index contributed by atoms with van der Waals surface area (Å²) in [4.78, 5) is 24.0. The van der Waals surface area contributed by atoms with Crippen LogP contribution in [0.1, 0.15) is 12.3 Å². The summed E-state index contributed by atoms with van der Waals surface area (Å²) in [5.41, 5.74) is 1.70. The van der Waals surface area contributed by atoms with Crippen molar-refractivity contribution in [1.82, 2.24) is 14.8 Å². The minimum atomic E-state index is -0.561. The van der Waals surface area contributed by atoms with E-state index >= 15 is 0 Å². The van der Waals surface area contributed by atoms with Crippen molar-refractivity contribution in [3.8, 4) is 11.5 Å². The third-order valence-corrected chi connectivity index (χ3v) is 4.25. The average Bonchev–Trinajstić information content (AvgIpc) is 3.29. The molecule has 2 aromatic carbocycles. The van der Waals surface area contributed by atoms with Crippen LogP contribution in [0.5, 0.6) is 0 Å². The molecule has 0 N–H and O–H groups in total. The summed E-state index contributed by atoms with van der Waals surface area (Å²) in [6.45, 7) is -0.0271. The van der Waals surface area contributed by atoms with E-state index < -0.39 is 11.7 Å². The molecule has 0 saturated carbocycles. The van der Waals surface area contributed by atoms with Crippen molar-refractivity contribution in [3.63, 3.8) is 0 Å². The molecule has 9 heteroatoms. The molecule has 0 aliphatic carbocycles. The van der Waals surface area contributed by atoms with Gasteiger partial charge in [-0.2, -0.15) is 0 Å². The molecular formula is C19H14ClN3O5. The lowest BCUT2D eigenvalue weighted by molar-refractivity contribution is -0.145. The highest BCUT2D eigenvalue weighted by Gasteiger charge is 2.14. The summed E-state index contributed by atoms with van der Waals surface area (Å²) in [6.07, 6.45) is -0.0170. The predicted molar refractivity (Wildman–Crippen MR) is 99.6 cm³/mol. The van der Waals surface area contributed by atoms with Gasteiger partial charge in [0.2, 0.25) is 5.89 Å². The molecule has 0 unspecified atom stereocenters. The molecule has 0 amide bonds. The number of nitrogens with zero attached hydrogens (tertiary/aromatic N) is 3. The van der Waals surface area contributed by atoms with Crippen molar-refractivity contribution in [3.05, 3.63) is 70.0 Å². The summed E-state index contributed by atoms with van der Waals surface area (Å²) < 4.78 is 17.1. The van der Waals surface area contributed by atoms with Crippen LogP contribution < -0.4 is 5.76 Å². The summed E-state index contributed by atoms with van der Waals surface area (Å²) in [5, 5.41) is 8.25. The molecule has 0 aliphatic rings. The molecule has 0 radical (unpaired) electrons. The SMILES string of the molecule is O=C(CCn1c(=O)oc2cc(Cl)ccc21)OCc1nnc(-c2ccccc2)o1. The highest BCUT2D eigenvalue weighted by Crippen LogP contribution is 2.19. The average molecular weight is 400 g/mol. The van der Waals surface area contributed by atoms with Crippen molar-refractivity contribution in [2.45, 2.75) is 19.6 Å². The number of carbonyl (C=O) groups is 1. The second kappa shape index (κ2) is 7.69. The molecule has 4 rings (SSSR count). The van der Waals surface area contributed by atoms with Gasteiger partial charge in [-0.25, -0.2) is 4.79 Å². The maximum absolute atomic E-state index is 12.0. The molecule has 0 bridgehead atoms. The molecule has 28 heavy (non-hydrogen) atoms. The van der Waals surface area contributed by atoms with Gasteiger partial charge in [0.25, 0.3) is 5.89 Å². The standard InChI is InChI=1S/C19H14ClN3O5/c20-13-6-7-14-15(10-13)27-19(25)23(14)9-8-17(24)26-11-16-21-22-18(28-16)12-4-2-1-3-5-12/h1-7,10H,8-9,11H2. The summed E-state index contributed by atoms with van der Waals surface area (Å²) in [5.74, 6) is -0.529. The zero-order valence-electron chi connectivity index (χ0n) is 14.5. The summed E-state index contributed by atoms with van der Waals surface area (Å²) in [6, 6.07) is 14.1. The minimum Gasteiger partial charge on any atom is -0.456 e. The monoisotopic (exact) mass is 399 g/mol. The molecule has 4 aromatic rings. The first kappa shape index (κ1) is 18.0. The lowest BCUT2D eigenvalue weighted by Crippen LogP contribution is -2.17. The number of fused-ring (bicyclic) bond motifs is 1. The molecule has 0 atom stereocenters. The Hall–Kier alpha value is -3.39. The Bertz CT molecular complexity index is 1180. The third-order valence-electron chi connectivity index (χ3n) is 4.01. The predicted octanol–water partition coefficient (Wildman–Crippen LogP) is 3.43. The Labute approximate surface area is 163 Å². The van der Waals surface area contributed by atoms with Gasteiger partial charge in [0, 0.05) is 23.2 Å². The van der Waals surface area contributed by atoms with E-state index in [0.29, 0.717) is 22.0 Å². The lowest BCUT2D eigenvalue weighted by atomic mass is 10.2. The number of hydrogen-bond acceptors (Lipinski definition) is 7. The first-order valence-electron chi connectivity index (χ1n) is 8.42. The van der Waals surface area contributed by atoms with Crippen LogP contribution in [-0.2, 0) is 22.7 Å². The summed E-state index contributed by atoms with van der Waals surface area (Å²) in [7, 11) is 0. The highest BCUT2D eigenvalue weighted by molar-refractivity contribution is 6.31. The number of oxazole rings is 1. The van der Waals surface area contributed by atoms with E-state index in [1.807, 2.05) is 30.3 Å². The molecule has 0 spiro atoms. The molecule has 8 nitrogen and oxygen atoms in total. The second-order valence-electron chi connectivity index (χ2n) is 5.91. The fourth-order valence-electron chi connectivity index (χ4n) is 2.68. The molecule has 2 heterocycles. The number of esters is 1. The van der Waals surface area contributed by atoms with E-state index in [4.69, 9.17) is 25.2 Å². The van der Waals surface area contributed by atoms with Crippen molar-refractivity contribution < 1.29 is 18.4 Å². The lowest BCUT2D eigenvalue weighted by Gasteiger charge is -2.03. The van der Waals surface area contributed by atoms with E-state index in [1.54, 1.807) is 18.2 Å². The van der Waals surface area contributed by atoms with Gasteiger partial charge in [0.1, 0.15) is 0 Å². The van der Waals surface area contributed by atoms with Gasteiger partial charge in [0.15, 0.2) is 12.2 Å². The van der Waals surface area contributed by atoms with Crippen LogP contribution in [0.4, 0.5) is 0 Å². The van der Waals surface area contributed by atoms with E-state index in [2.05, 4.69) is 10.2 Å². The Morgan fingerprint density at radius 2 is 1.93 bits per heavy atom. The topological polar surface area (TPSA) is 100 Å². The molecule has 0 saturated heterocycles. The number of benzene rings is 2. The van der Waals surface area contributed by atoms with Gasteiger partial charge < -0.3 is 13.6 Å². The van der Waals surface area contributed by atoms with Crippen LogP contribution in [0.3, 0.4) is 0 Å². The Morgan fingerprint density at radius 3 is 2.75 bits per heavy atom. The minimum absolute atomic E-state index is 0.0170. The first-order valence-corrected chi connectivity index (χ1v) is 8.80. The van der Waals surface area contributed by atoms with Crippen LogP contribution in [0.2, 0.25) is 5.02 Å². The maximum Gasteiger partial charge on any atom is 0.419 e. The first-order chi connectivity index (χ1) is 13.6. The number of aryl methyl sites for hydroxylation is 1. The molecule has 0 aliphatic heterocycles. The van der Waals surface area contributed by atoms with Crippen LogP contribution in [-0.4, -0.2) is 20.7 Å². The number of halogens is 1. The number of aromatic nitrogens is 3. The fourth-order valence-corrected chi connectivity index (χ4v) is 2.84. The van der Waals surface area contributed by atoms with Crippen LogP contribution in [0, 0.1) is 0 Å². The van der Waals surface area contributed by atoms with Crippen molar-refractivity contribution >= 4 is 28.7 Å². The zero-order valence-corrected chi connectivity index (χ0v) is 15.3. The van der Waals surface area contributed by atoms with E-state index in [1.165, 1.54) is 4.57 Å². The van der Waals surface area contributed by atoms with Crippen molar-refractivity contribution in [2.24, 2.45) is 0 Å². The fraction of sp³-hybridized carbons (Fsp3) is 0.158. The largest absolute Gasteiger partial charge is 0.456 e. The Kier molecular flexibility index (Phi) is 4.94. The quantitative estimate of drug-likeness (QED) is 0.458. The third kappa shape index (κ3) is 3.81. The smallest absolute Gasteiger partial charge is 0.419 e. The van der Waals surface area contributed by atoms with E-state index in [9.17, 15) is 9.59 Å². The summed E-state index contributed by atoms with van der Waals surface area (Å²) >= 11 is 5.88. The number of ether oxygens (including phenoxy) is 1. The van der Waals surface area contributed by atoms with Gasteiger partial charge in [-0.15, -0.1) is 10.2 Å². The van der Waals surface area contributed by atoms with Gasteiger partial charge in [0.05, 0.1) is 11.9 Å². The Balaban J connectivity index is 1.35. The molecule has 0 fully saturated rings. The molecule has 2 aromatic heterocycles. The van der Waals surface area contributed by atoms with Gasteiger partial charge in [-0.3, -0.25) is 9.36 Å². The van der Waals surface area contributed by atoms with Gasteiger partial charge >= 0.3 is 11.7 Å². The number of carbonyl (C=O) groups excluding carboxylic acids is 1. The van der Waals surface area contributed by atoms with Crippen molar-refractivity contribution in [1.29, 1.82) is 0 Å². The van der Waals surface area contributed by atoms with Gasteiger partial charge in [-0.1, -0.05) is 29.8 Å². The molecular weight excluding hydrogens is 386 g/mol. The maximum atomic E-state index is 12.0. The van der Waals surface area contributed by atoms with E-state index in [0.717, 1.165) is 5.56 Å². The van der Waals surface area contributed by atoms with Crippen LogP contribution >= 0.6 is 11.6 Å². The number of hydrogen-bond donors (Lipinski definition) is 0. The zero-order chi connectivity index (χ0) is 19.5. The second-order valence-corrected chi connectivity index (χ2v) is 6.35. The molecule has 142 valence electrons. The van der Waals surface area contributed by atoms with Crippen LogP contribution in [0.25, 0.3) is 22.6 Å². The van der Waals surface area contributed by atoms with E-state index in [-0.39, 0.29) is 25.5 Å². The van der Waals surface area contributed by atoms with Crippen LogP contribution in [0.15, 0.2) is 62.2 Å². The normalized spacial score (nSPS) is 11.0. The Morgan fingerprint density at radius 1 is 1.11 bits per heavy atom. The number of rotatable bonds is 6.